The van der Waals surface area contributed by atoms with Gasteiger partial charge >= 0.3 is 29.8 Å². The second-order valence-electron chi connectivity index (χ2n) is 13.0. The summed E-state index contributed by atoms with van der Waals surface area (Å²) >= 11 is 0. The number of benzene rings is 1. The smallest absolute Gasteiger partial charge is 0.366 e. The molecule has 1 N–H and O–H groups in total. The maximum atomic E-state index is 14.2. The fourth-order valence-corrected chi connectivity index (χ4v) is 6.74. The lowest BCUT2D eigenvalue weighted by atomic mass is 9.87. The number of ether oxygens (including phenoxy) is 12. The summed E-state index contributed by atoms with van der Waals surface area (Å²) in [7, 11) is 3.77. The van der Waals surface area contributed by atoms with Gasteiger partial charge in [-0.15, -0.1) is 0 Å². The molecule has 0 radical (unpaired) electrons. The van der Waals surface area contributed by atoms with Crippen LogP contribution < -0.4 is 10.1 Å². The molecule has 1 aromatic carbocycles. The van der Waals surface area contributed by atoms with Gasteiger partial charge in [-0.25, -0.2) is 4.79 Å². The number of rotatable bonds is 15. The van der Waals surface area contributed by atoms with Gasteiger partial charge in [0.25, 0.3) is 5.79 Å². The molecule has 57 heavy (non-hydrogen) atoms. The quantitative estimate of drug-likeness (QED) is 0.0852. The number of nitrogens with one attached hydrogen (secondary N) is 1. The van der Waals surface area contributed by atoms with Gasteiger partial charge in [-0.05, 0) is 17.7 Å². The number of nitrogens with zero attached hydrogens (tertiary/aromatic N) is 3. The molecule has 22 heteroatoms. The number of esters is 5. The zero-order valence-corrected chi connectivity index (χ0v) is 32.5. The highest BCUT2D eigenvalue weighted by molar-refractivity contribution is 5.79. The largest absolute Gasteiger partial charge is 0.497 e. The number of carbonyl (C=O) groups excluding carboxylic acids is 6. The van der Waals surface area contributed by atoms with E-state index in [1.54, 1.807) is 24.3 Å². The molecule has 22 nitrogen and oxygen atoms in total. The zero-order chi connectivity index (χ0) is 42.0. The van der Waals surface area contributed by atoms with Crippen molar-refractivity contribution in [2.75, 3.05) is 34.5 Å². The van der Waals surface area contributed by atoms with Crippen LogP contribution in [-0.2, 0) is 80.9 Å². The normalized spacial score (nSPS) is 30.4. The van der Waals surface area contributed by atoms with Crippen molar-refractivity contribution in [3.05, 3.63) is 40.3 Å². The van der Waals surface area contributed by atoms with Crippen LogP contribution >= 0.6 is 0 Å². The first kappa shape index (κ1) is 44.6. The average Bonchev–Trinajstić information content (AvgIpc) is 3.16. The van der Waals surface area contributed by atoms with Crippen LogP contribution in [0.1, 0.15) is 52.9 Å². The van der Waals surface area contributed by atoms with Gasteiger partial charge in [-0.1, -0.05) is 17.2 Å². The first-order chi connectivity index (χ1) is 27.1. The molecule has 4 rings (SSSR count). The Kier molecular flexibility index (Phi) is 15.5. The minimum absolute atomic E-state index is 0.117. The number of carbonyl (C=O) groups is 6. The lowest BCUT2D eigenvalue weighted by molar-refractivity contribution is -0.382. The van der Waals surface area contributed by atoms with E-state index in [2.05, 4.69) is 15.3 Å². The molecule has 0 saturated carbocycles. The van der Waals surface area contributed by atoms with E-state index in [1.165, 1.54) is 14.2 Å². The fraction of sp³-hybridized carbons (Fsp3) is 0.657. The van der Waals surface area contributed by atoms with Gasteiger partial charge in [0.2, 0.25) is 5.91 Å². The molecular formula is C35H46N4O18. The van der Waals surface area contributed by atoms with E-state index in [9.17, 15) is 34.3 Å². The molecule has 314 valence electrons. The van der Waals surface area contributed by atoms with Crippen LogP contribution in [0.15, 0.2) is 29.4 Å². The van der Waals surface area contributed by atoms with E-state index in [4.69, 9.17) is 56.8 Å². The zero-order valence-electron chi connectivity index (χ0n) is 32.5. The highest BCUT2D eigenvalue weighted by Crippen LogP contribution is 2.43. The van der Waals surface area contributed by atoms with E-state index in [0.717, 1.165) is 41.7 Å². The molecule has 0 bridgehead atoms. The molecule has 3 heterocycles. The van der Waals surface area contributed by atoms with E-state index in [0.29, 0.717) is 11.3 Å². The lowest BCUT2D eigenvalue weighted by Crippen LogP contribution is -2.71. The second-order valence-corrected chi connectivity index (χ2v) is 13.0. The van der Waals surface area contributed by atoms with Crippen molar-refractivity contribution in [1.29, 1.82) is 0 Å². The van der Waals surface area contributed by atoms with Gasteiger partial charge in [0.15, 0.2) is 24.8 Å². The van der Waals surface area contributed by atoms with Crippen molar-refractivity contribution in [1.82, 2.24) is 5.32 Å². The Bertz CT molecular complexity index is 1670. The third kappa shape index (κ3) is 11.1. The molecule has 3 fully saturated rings. The standard InChI is InChI=1S/C35H46N4O18/c1-16(40)37-26-23(51-18(3)42)13-35(34(45)48-8,56-30(26)28(53-20(5)44)24(52-19(4)43)14-49-17(2)41)57-31-27(38-39-36)33(47-7)54-25-15-50-32(55-29(25)31)21-9-11-22(46-6)12-10-21/h9-12,23-33H,13-15H2,1-8H3,(H,37,40)/t23-,24+,25+,26+,27+,28+,29-,30+,31+,32-,33-,35-/m0/s1. The van der Waals surface area contributed by atoms with Crippen LogP contribution in [0, 0.1) is 0 Å². The Morgan fingerprint density at radius 2 is 1.63 bits per heavy atom. The minimum Gasteiger partial charge on any atom is -0.497 e. The summed E-state index contributed by atoms with van der Waals surface area (Å²) in [5.74, 6) is -7.65. The Morgan fingerprint density at radius 3 is 2.18 bits per heavy atom. The molecule has 1 amide bonds. The summed E-state index contributed by atoms with van der Waals surface area (Å²) in [5, 5.41) is 6.46. The van der Waals surface area contributed by atoms with Crippen LogP contribution in [0.2, 0.25) is 0 Å². The maximum Gasteiger partial charge on any atom is 0.366 e. The van der Waals surface area contributed by atoms with E-state index in [1.807, 2.05) is 0 Å². The summed E-state index contributed by atoms with van der Waals surface area (Å²) < 4.78 is 69.3. The topological polar surface area (TPSA) is 274 Å². The second kappa shape index (κ2) is 19.9. The van der Waals surface area contributed by atoms with E-state index >= 15 is 0 Å². The van der Waals surface area contributed by atoms with Crippen LogP contribution in [0.25, 0.3) is 10.4 Å². The molecule has 12 atom stereocenters. The predicted octanol–water partition coefficient (Wildman–Crippen LogP) is 1.07. The van der Waals surface area contributed by atoms with E-state index in [-0.39, 0.29) is 6.61 Å². The number of azide groups is 1. The summed E-state index contributed by atoms with van der Waals surface area (Å²) in [6, 6.07) is 3.85. The van der Waals surface area contributed by atoms with Gasteiger partial charge in [-0.2, -0.15) is 0 Å². The summed E-state index contributed by atoms with van der Waals surface area (Å²) in [6.45, 7) is 4.47. The van der Waals surface area contributed by atoms with E-state index < -0.39 is 122 Å². The summed E-state index contributed by atoms with van der Waals surface area (Å²) in [4.78, 5) is 79.4. The molecule has 3 saturated heterocycles. The fourth-order valence-electron chi connectivity index (χ4n) is 6.74. The van der Waals surface area contributed by atoms with Gasteiger partial charge in [0.05, 0.1) is 33.3 Å². The number of amides is 1. The molecule has 0 unspecified atom stereocenters. The molecular weight excluding hydrogens is 764 g/mol. The molecule has 1 aromatic rings. The number of hydrogen-bond acceptors (Lipinski definition) is 19. The van der Waals surface area contributed by atoms with Gasteiger partial charge in [0, 0.05) is 52.2 Å². The van der Waals surface area contributed by atoms with Crippen LogP contribution in [-0.4, -0.2) is 137 Å². The minimum atomic E-state index is -2.69. The van der Waals surface area contributed by atoms with Crippen molar-refractivity contribution in [2.45, 2.75) is 114 Å². The molecule has 3 aliphatic heterocycles. The summed E-state index contributed by atoms with van der Waals surface area (Å²) in [5.41, 5.74) is 10.2. The molecule has 0 aliphatic carbocycles. The lowest BCUT2D eigenvalue weighted by Gasteiger charge is -2.52. The molecule has 0 aromatic heterocycles. The molecule has 3 aliphatic rings. The number of fused-ring (bicyclic) bond motifs is 1. The van der Waals surface area contributed by atoms with Crippen molar-refractivity contribution >= 4 is 35.8 Å². The van der Waals surface area contributed by atoms with Crippen LogP contribution in [0.3, 0.4) is 0 Å². The Hall–Kier alpha value is -5.09. The Labute approximate surface area is 326 Å². The van der Waals surface area contributed by atoms with Crippen molar-refractivity contribution in [3.63, 3.8) is 0 Å². The highest BCUT2D eigenvalue weighted by Gasteiger charge is 2.62. The highest BCUT2D eigenvalue weighted by atomic mass is 16.8. The third-order valence-corrected chi connectivity index (χ3v) is 8.93. The van der Waals surface area contributed by atoms with Crippen molar-refractivity contribution < 1.29 is 85.6 Å². The Morgan fingerprint density at radius 1 is 0.947 bits per heavy atom. The number of hydrogen-bond donors (Lipinski definition) is 1. The maximum absolute atomic E-state index is 14.2. The molecule has 0 spiro atoms. The van der Waals surface area contributed by atoms with Gasteiger partial charge in [-0.3, -0.25) is 24.0 Å². The van der Waals surface area contributed by atoms with Gasteiger partial charge < -0.3 is 62.2 Å². The average molecular weight is 811 g/mol. The Balaban J connectivity index is 1.91. The first-order valence-electron chi connectivity index (χ1n) is 17.6. The van der Waals surface area contributed by atoms with Crippen molar-refractivity contribution in [3.8, 4) is 5.75 Å². The summed E-state index contributed by atoms with van der Waals surface area (Å²) in [6.07, 6.45) is -13.6. The van der Waals surface area contributed by atoms with Crippen LogP contribution in [0.4, 0.5) is 0 Å². The first-order valence-corrected chi connectivity index (χ1v) is 17.6. The SMILES string of the molecule is COC(=O)[C@@]1(O[C@@H]2[C@@H](N=[N+]=[N-])[C@@H](OC)O[C@@H]3CO[C@H](c4ccc(OC)cc4)O[C@H]23)C[C@H](OC(C)=O)[C@@H](NC(C)=O)[C@H]([C@H](OC(C)=O)[C@@H](COC(C)=O)OC(C)=O)O1. The predicted molar refractivity (Wildman–Crippen MR) is 185 cm³/mol. The third-order valence-electron chi connectivity index (χ3n) is 8.93. The van der Waals surface area contributed by atoms with Crippen molar-refractivity contribution in [2.24, 2.45) is 5.11 Å². The number of methoxy groups -OCH3 is 3. The van der Waals surface area contributed by atoms with Gasteiger partial charge in [0.1, 0.15) is 48.9 Å². The van der Waals surface area contributed by atoms with Crippen LogP contribution in [0.5, 0.6) is 5.75 Å². The monoisotopic (exact) mass is 810 g/mol.